The summed E-state index contributed by atoms with van der Waals surface area (Å²) in [6.07, 6.45) is 0.832. The molecule has 0 radical (unpaired) electrons. The molecule has 2 aromatic carbocycles. The van der Waals surface area contributed by atoms with Crippen LogP contribution in [0.15, 0.2) is 66.0 Å². The molecule has 0 saturated heterocycles. The summed E-state index contributed by atoms with van der Waals surface area (Å²) in [6, 6.07) is 19.6. The van der Waals surface area contributed by atoms with Gasteiger partial charge in [0.1, 0.15) is 5.00 Å². The normalized spacial score (nSPS) is 18.3. The molecule has 4 rings (SSSR count). The molecule has 2 atom stereocenters. The molecule has 1 fully saturated rings. The molecule has 0 bridgehead atoms. The molecule has 1 aromatic heterocycles. The quantitative estimate of drug-likeness (QED) is 0.712. The lowest BCUT2D eigenvalue weighted by atomic mass is 10.0. The van der Waals surface area contributed by atoms with E-state index in [1.54, 1.807) is 0 Å². The van der Waals surface area contributed by atoms with Gasteiger partial charge in [0, 0.05) is 16.9 Å². The van der Waals surface area contributed by atoms with Gasteiger partial charge in [-0.15, -0.1) is 11.3 Å². The van der Waals surface area contributed by atoms with E-state index in [0.29, 0.717) is 10.6 Å². The van der Waals surface area contributed by atoms with Crippen LogP contribution in [0, 0.1) is 5.92 Å². The number of hydrogen-bond acceptors (Lipinski definition) is 3. The lowest BCUT2D eigenvalue weighted by molar-refractivity contribution is -0.117. The molecule has 5 heteroatoms. The van der Waals surface area contributed by atoms with Gasteiger partial charge in [-0.25, -0.2) is 0 Å². The SMILES string of the molecule is NC(=O)c1c(-c2ccccc2)csc1NC(=O)[C@H]1C[C@@H]1c1ccccc1. The average molecular weight is 362 g/mol. The van der Waals surface area contributed by atoms with Gasteiger partial charge >= 0.3 is 0 Å². The average Bonchev–Trinajstić information content (AvgIpc) is 3.37. The van der Waals surface area contributed by atoms with Crippen LogP contribution in [-0.4, -0.2) is 11.8 Å². The highest BCUT2D eigenvalue weighted by atomic mass is 32.1. The fourth-order valence-corrected chi connectivity index (χ4v) is 4.26. The zero-order chi connectivity index (χ0) is 18.1. The van der Waals surface area contributed by atoms with Crippen molar-refractivity contribution < 1.29 is 9.59 Å². The first-order chi connectivity index (χ1) is 12.6. The van der Waals surface area contributed by atoms with Crippen molar-refractivity contribution in [1.82, 2.24) is 0 Å². The van der Waals surface area contributed by atoms with E-state index in [0.717, 1.165) is 17.5 Å². The smallest absolute Gasteiger partial charge is 0.252 e. The molecule has 1 aliphatic rings. The van der Waals surface area contributed by atoms with Crippen molar-refractivity contribution in [2.75, 3.05) is 5.32 Å². The highest BCUT2D eigenvalue weighted by molar-refractivity contribution is 7.15. The molecular weight excluding hydrogens is 344 g/mol. The Bertz CT molecular complexity index is 951. The Hall–Kier alpha value is -2.92. The predicted molar refractivity (Wildman–Crippen MR) is 104 cm³/mol. The van der Waals surface area contributed by atoms with E-state index in [9.17, 15) is 9.59 Å². The number of thiophene rings is 1. The van der Waals surface area contributed by atoms with Gasteiger partial charge in [0.05, 0.1) is 5.56 Å². The number of primary amides is 1. The molecule has 0 unspecified atom stereocenters. The summed E-state index contributed by atoms with van der Waals surface area (Å²) in [4.78, 5) is 24.6. The van der Waals surface area contributed by atoms with Gasteiger partial charge in [-0.1, -0.05) is 60.7 Å². The third-order valence-corrected chi connectivity index (χ3v) is 5.61. The molecule has 2 amide bonds. The highest BCUT2D eigenvalue weighted by Crippen LogP contribution is 2.48. The van der Waals surface area contributed by atoms with Crippen LogP contribution in [0.5, 0.6) is 0 Å². The molecule has 3 N–H and O–H groups in total. The summed E-state index contributed by atoms with van der Waals surface area (Å²) in [5.41, 5.74) is 8.83. The third-order valence-electron chi connectivity index (χ3n) is 4.71. The second kappa shape index (κ2) is 6.77. The van der Waals surface area contributed by atoms with Gasteiger partial charge in [-0.2, -0.15) is 0 Å². The fourth-order valence-electron chi connectivity index (χ4n) is 3.28. The van der Waals surface area contributed by atoms with Crippen LogP contribution in [0.4, 0.5) is 5.00 Å². The number of carbonyl (C=O) groups is 2. The third kappa shape index (κ3) is 3.13. The maximum atomic E-state index is 12.6. The van der Waals surface area contributed by atoms with Crippen molar-refractivity contribution >= 4 is 28.2 Å². The van der Waals surface area contributed by atoms with Crippen LogP contribution in [-0.2, 0) is 4.79 Å². The number of nitrogens with two attached hydrogens (primary N) is 1. The van der Waals surface area contributed by atoms with Crippen LogP contribution in [0.1, 0.15) is 28.3 Å². The van der Waals surface area contributed by atoms with E-state index < -0.39 is 5.91 Å². The Morgan fingerprint density at radius 2 is 1.65 bits per heavy atom. The van der Waals surface area contributed by atoms with E-state index in [2.05, 4.69) is 5.32 Å². The molecule has 1 aliphatic carbocycles. The van der Waals surface area contributed by atoms with Crippen LogP contribution in [0.3, 0.4) is 0 Å². The van der Waals surface area contributed by atoms with Gasteiger partial charge in [0.2, 0.25) is 5.91 Å². The Kier molecular flexibility index (Phi) is 4.31. The van der Waals surface area contributed by atoms with Gasteiger partial charge in [0.25, 0.3) is 5.91 Å². The number of nitrogens with one attached hydrogen (secondary N) is 1. The molecule has 130 valence electrons. The molecule has 1 heterocycles. The zero-order valence-corrected chi connectivity index (χ0v) is 14.8. The minimum absolute atomic E-state index is 0.0529. The Morgan fingerprint density at radius 1 is 1.00 bits per heavy atom. The van der Waals surface area contributed by atoms with Gasteiger partial charge in [-0.05, 0) is 23.5 Å². The van der Waals surface area contributed by atoms with Gasteiger partial charge in [-0.3, -0.25) is 9.59 Å². The summed E-state index contributed by atoms with van der Waals surface area (Å²) >= 11 is 1.34. The van der Waals surface area contributed by atoms with Crippen LogP contribution >= 0.6 is 11.3 Å². The first kappa shape index (κ1) is 16.5. The molecule has 1 saturated carbocycles. The van der Waals surface area contributed by atoms with Gasteiger partial charge in [0.15, 0.2) is 0 Å². The van der Waals surface area contributed by atoms with Crippen molar-refractivity contribution in [3.8, 4) is 11.1 Å². The monoisotopic (exact) mass is 362 g/mol. The summed E-state index contributed by atoms with van der Waals surface area (Å²) in [5.74, 6) is -0.388. The number of anilines is 1. The minimum atomic E-state index is -0.532. The van der Waals surface area contributed by atoms with Gasteiger partial charge < -0.3 is 11.1 Å². The number of amides is 2. The molecule has 0 spiro atoms. The van der Waals surface area contributed by atoms with Crippen LogP contribution in [0.25, 0.3) is 11.1 Å². The van der Waals surface area contributed by atoms with Crippen molar-refractivity contribution in [2.45, 2.75) is 12.3 Å². The fraction of sp³-hybridized carbons (Fsp3) is 0.143. The van der Waals surface area contributed by atoms with Crippen LogP contribution < -0.4 is 11.1 Å². The maximum absolute atomic E-state index is 12.6. The summed E-state index contributed by atoms with van der Waals surface area (Å²) in [6.45, 7) is 0. The largest absolute Gasteiger partial charge is 0.365 e. The standard InChI is InChI=1S/C21H18N2O2S/c22-19(24)18-17(14-9-5-2-6-10-14)12-26-21(18)23-20(25)16-11-15(16)13-7-3-1-4-8-13/h1-10,12,15-16H,11H2,(H2,22,24)(H,23,25)/t15-,16+/m1/s1. The Labute approximate surface area is 155 Å². The lowest BCUT2D eigenvalue weighted by Crippen LogP contribution is -2.18. The van der Waals surface area contributed by atoms with E-state index in [4.69, 9.17) is 5.73 Å². The molecule has 0 aliphatic heterocycles. The van der Waals surface area contributed by atoms with Crippen molar-refractivity contribution in [2.24, 2.45) is 11.7 Å². The zero-order valence-electron chi connectivity index (χ0n) is 14.0. The van der Waals surface area contributed by atoms with E-state index >= 15 is 0 Å². The first-order valence-corrected chi connectivity index (χ1v) is 9.35. The first-order valence-electron chi connectivity index (χ1n) is 8.47. The van der Waals surface area contributed by atoms with E-state index in [1.807, 2.05) is 66.0 Å². The second-order valence-corrected chi connectivity index (χ2v) is 7.31. The summed E-state index contributed by atoms with van der Waals surface area (Å²) in [7, 11) is 0. The summed E-state index contributed by atoms with van der Waals surface area (Å²) in [5, 5.41) is 5.32. The molecule has 26 heavy (non-hydrogen) atoms. The minimum Gasteiger partial charge on any atom is -0.365 e. The predicted octanol–water partition coefficient (Wildman–Crippen LogP) is 4.26. The van der Waals surface area contributed by atoms with E-state index in [-0.39, 0.29) is 17.7 Å². The van der Waals surface area contributed by atoms with Crippen LogP contribution in [0.2, 0.25) is 0 Å². The molecule has 3 aromatic rings. The summed E-state index contributed by atoms with van der Waals surface area (Å²) < 4.78 is 0. The number of benzene rings is 2. The van der Waals surface area contributed by atoms with Crippen molar-refractivity contribution in [1.29, 1.82) is 0 Å². The lowest BCUT2D eigenvalue weighted by Gasteiger charge is -2.07. The molecule has 4 nitrogen and oxygen atoms in total. The van der Waals surface area contributed by atoms with E-state index in [1.165, 1.54) is 16.9 Å². The topological polar surface area (TPSA) is 72.2 Å². The number of carbonyl (C=O) groups excluding carboxylic acids is 2. The highest BCUT2D eigenvalue weighted by Gasteiger charge is 2.44. The molecular formula is C21H18N2O2S. The number of hydrogen-bond donors (Lipinski definition) is 2. The number of rotatable bonds is 5. The maximum Gasteiger partial charge on any atom is 0.252 e. The van der Waals surface area contributed by atoms with Crippen molar-refractivity contribution in [3.63, 3.8) is 0 Å². The Balaban J connectivity index is 1.55. The Morgan fingerprint density at radius 3 is 2.31 bits per heavy atom. The van der Waals surface area contributed by atoms with Crippen molar-refractivity contribution in [3.05, 3.63) is 77.2 Å². The second-order valence-electron chi connectivity index (χ2n) is 6.43.